The van der Waals surface area contributed by atoms with Gasteiger partial charge in [-0.15, -0.1) is 0 Å². The lowest BCUT2D eigenvalue weighted by Gasteiger charge is -2.35. The summed E-state index contributed by atoms with van der Waals surface area (Å²) in [5, 5.41) is 2.91. The molecular formula is C15H28N2O4. The van der Waals surface area contributed by atoms with Crippen molar-refractivity contribution < 1.29 is 19.1 Å². The molecule has 0 aromatic carbocycles. The first-order chi connectivity index (χ1) is 10.1. The molecule has 1 aliphatic heterocycles. The quantitative estimate of drug-likeness (QED) is 0.530. The lowest BCUT2D eigenvalue weighted by atomic mass is 9.97. The van der Waals surface area contributed by atoms with Crippen molar-refractivity contribution >= 4 is 11.9 Å². The highest BCUT2D eigenvalue weighted by Crippen LogP contribution is 2.19. The Hall–Kier alpha value is -1.14. The van der Waals surface area contributed by atoms with E-state index in [1.165, 1.54) is 0 Å². The molecule has 0 radical (unpaired) electrons. The number of ether oxygens (including phenoxy) is 2. The first-order valence-corrected chi connectivity index (χ1v) is 7.77. The number of hydrogen-bond donors (Lipinski definition) is 1. The minimum Gasteiger partial charge on any atom is -0.466 e. The van der Waals surface area contributed by atoms with Crippen molar-refractivity contribution in [1.29, 1.82) is 0 Å². The standard InChI is InChI=1S/C15H28N2O4/c1-4-21-15(19)13-7-5-9-17(11-13)12(2)14(18)16-8-6-10-20-3/h12-13H,4-11H2,1-3H3,(H,16,18)/t12?,13-/m0/s1. The van der Waals surface area contributed by atoms with E-state index < -0.39 is 0 Å². The van der Waals surface area contributed by atoms with Crippen LogP contribution < -0.4 is 5.32 Å². The van der Waals surface area contributed by atoms with Gasteiger partial charge in [-0.2, -0.15) is 0 Å². The van der Waals surface area contributed by atoms with Crippen molar-refractivity contribution in [3.05, 3.63) is 0 Å². The molecule has 6 nitrogen and oxygen atoms in total. The highest BCUT2D eigenvalue weighted by molar-refractivity contribution is 5.81. The first-order valence-electron chi connectivity index (χ1n) is 7.77. The van der Waals surface area contributed by atoms with Gasteiger partial charge in [0.15, 0.2) is 0 Å². The molecule has 2 atom stereocenters. The molecule has 1 heterocycles. The van der Waals surface area contributed by atoms with Crippen LogP contribution in [0.5, 0.6) is 0 Å². The number of hydrogen-bond acceptors (Lipinski definition) is 5. The van der Waals surface area contributed by atoms with Gasteiger partial charge in [0.1, 0.15) is 0 Å². The summed E-state index contributed by atoms with van der Waals surface area (Å²) < 4.78 is 10.0. The molecule has 0 aromatic heterocycles. The number of carbonyl (C=O) groups is 2. The molecule has 0 saturated carbocycles. The van der Waals surface area contributed by atoms with Gasteiger partial charge in [-0.3, -0.25) is 14.5 Å². The van der Waals surface area contributed by atoms with Crippen LogP contribution >= 0.6 is 0 Å². The molecule has 1 saturated heterocycles. The Morgan fingerprint density at radius 2 is 2.19 bits per heavy atom. The van der Waals surface area contributed by atoms with Gasteiger partial charge in [0.2, 0.25) is 5.91 Å². The maximum Gasteiger partial charge on any atom is 0.310 e. The van der Waals surface area contributed by atoms with E-state index in [9.17, 15) is 9.59 Å². The topological polar surface area (TPSA) is 67.9 Å². The molecule has 0 spiro atoms. The second-order valence-electron chi connectivity index (χ2n) is 5.40. The van der Waals surface area contributed by atoms with E-state index in [-0.39, 0.29) is 23.8 Å². The van der Waals surface area contributed by atoms with Crippen molar-refractivity contribution in [2.75, 3.05) is 40.0 Å². The van der Waals surface area contributed by atoms with E-state index in [4.69, 9.17) is 9.47 Å². The number of nitrogens with one attached hydrogen (secondary N) is 1. The van der Waals surface area contributed by atoms with Crippen LogP contribution in [0.1, 0.15) is 33.1 Å². The fraction of sp³-hybridized carbons (Fsp3) is 0.867. The zero-order valence-corrected chi connectivity index (χ0v) is 13.4. The average molecular weight is 300 g/mol. The number of amides is 1. The summed E-state index contributed by atoms with van der Waals surface area (Å²) in [6.45, 7) is 6.82. The SMILES string of the molecule is CCOC(=O)[C@H]1CCCN(C(C)C(=O)NCCCOC)C1. The van der Waals surface area contributed by atoms with Gasteiger partial charge < -0.3 is 14.8 Å². The zero-order valence-electron chi connectivity index (χ0n) is 13.4. The summed E-state index contributed by atoms with van der Waals surface area (Å²) in [5.74, 6) is -0.243. The highest BCUT2D eigenvalue weighted by atomic mass is 16.5. The summed E-state index contributed by atoms with van der Waals surface area (Å²) in [6.07, 6.45) is 2.57. The fourth-order valence-electron chi connectivity index (χ4n) is 2.55. The van der Waals surface area contributed by atoms with Crippen molar-refractivity contribution in [3.8, 4) is 0 Å². The van der Waals surface area contributed by atoms with E-state index in [1.807, 2.05) is 13.8 Å². The van der Waals surface area contributed by atoms with Gasteiger partial charge >= 0.3 is 5.97 Å². The molecule has 1 amide bonds. The maximum atomic E-state index is 12.1. The molecule has 6 heteroatoms. The average Bonchev–Trinajstić information content (AvgIpc) is 2.51. The molecule has 1 rings (SSSR count). The van der Waals surface area contributed by atoms with Gasteiger partial charge in [-0.05, 0) is 39.7 Å². The predicted octanol–water partition coefficient (Wildman–Crippen LogP) is 0.803. The van der Waals surface area contributed by atoms with E-state index >= 15 is 0 Å². The Bertz CT molecular complexity index is 336. The Morgan fingerprint density at radius 3 is 2.86 bits per heavy atom. The number of carbonyl (C=O) groups excluding carboxylic acids is 2. The molecule has 1 unspecified atom stereocenters. The third kappa shape index (κ3) is 6.01. The summed E-state index contributed by atoms with van der Waals surface area (Å²) in [5.41, 5.74) is 0. The third-order valence-electron chi connectivity index (χ3n) is 3.82. The minimum absolute atomic E-state index is 0.00983. The number of nitrogens with zero attached hydrogens (tertiary/aromatic N) is 1. The minimum atomic E-state index is -0.218. The number of rotatable bonds is 8. The van der Waals surface area contributed by atoms with Gasteiger partial charge in [0.05, 0.1) is 18.6 Å². The Kier molecular flexibility index (Phi) is 8.30. The van der Waals surface area contributed by atoms with Crippen molar-refractivity contribution in [2.24, 2.45) is 5.92 Å². The fourth-order valence-corrected chi connectivity index (χ4v) is 2.55. The highest BCUT2D eigenvalue weighted by Gasteiger charge is 2.31. The summed E-state index contributed by atoms with van der Waals surface area (Å²) in [6, 6.07) is -0.218. The lowest BCUT2D eigenvalue weighted by molar-refractivity contribution is -0.151. The van der Waals surface area contributed by atoms with Crippen LogP contribution in [0.3, 0.4) is 0 Å². The number of likely N-dealkylation sites (tertiary alicyclic amines) is 1. The van der Waals surface area contributed by atoms with Crippen LogP contribution in [0, 0.1) is 5.92 Å². The van der Waals surface area contributed by atoms with Crippen molar-refractivity contribution in [2.45, 2.75) is 39.2 Å². The number of esters is 1. The smallest absolute Gasteiger partial charge is 0.310 e. The van der Waals surface area contributed by atoms with Crippen LogP contribution in [0.4, 0.5) is 0 Å². The van der Waals surface area contributed by atoms with Gasteiger partial charge in [0, 0.05) is 26.8 Å². The van der Waals surface area contributed by atoms with E-state index in [0.717, 1.165) is 25.8 Å². The van der Waals surface area contributed by atoms with Gasteiger partial charge in [0.25, 0.3) is 0 Å². The normalized spacial score (nSPS) is 20.8. The molecule has 122 valence electrons. The van der Waals surface area contributed by atoms with Crippen LogP contribution in [-0.4, -0.2) is 62.8 Å². The second kappa shape index (κ2) is 9.73. The van der Waals surface area contributed by atoms with Gasteiger partial charge in [-0.25, -0.2) is 0 Å². The van der Waals surface area contributed by atoms with Crippen LogP contribution in [-0.2, 0) is 19.1 Å². The molecule has 0 aromatic rings. The Labute approximate surface area is 127 Å². The molecule has 0 aliphatic carbocycles. The lowest BCUT2D eigenvalue weighted by Crippen LogP contribution is -2.50. The largest absolute Gasteiger partial charge is 0.466 e. The monoisotopic (exact) mass is 300 g/mol. The number of piperidine rings is 1. The molecule has 1 N–H and O–H groups in total. The van der Waals surface area contributed by atoms with Crippen LogP contribution in [0.15, 0.2) is 0 Å². The Balaban J connectivity index is 2.40. The summed E-state index contributed by atoms with van der Waals surface area (Å²) in [4.78, 5) is 26.0. The van der Waals surface area contributed by atoms with E-state index in [1.54, 1.807) is 7.11 Å². The molecule has 1 aliphatic rings. The molecule has 21 heavy (non-hydrogen) atoms. The molecular weight excluding hydrogens is 272 g/mol. The zero-order chi connectivity index (χ0) is 15.7. The molecule has 1 fully saturated rings. The third-order valence-corrected chi connectivity index (χ3v) is 3.82. The van der Waals surface area contributed by atoms with Crippen LogP contribution in [0.2, 0.25) is 0 Å². The van der Waals surface area contributed by atoms with Crippen molar-refractivity contribution in [1.82, 2.24) is 10.2 Å². The number of methoxy groups -OCH3 is 1. The molecule has 0 bridgehead atoms. The van der Waals surface area contributed by atoms with E-state index in [0.29, 0.717) is 26.3 Å². The summed E-state index contributed by atoms with van der Waals surface area (Å²) in [7, 11) is 1.65. The van der Waals surface area contributed by atoms with Gasteiger partial charge in [-0.1, -0.05) is 0 Å². The van der Waals surface area contributed by atoms with Crippen molar-refractivity contribution in [3.63, 3.8) is 0 Å². The summed E-state index contributed by atoms with van der Waals surface area (Å²) >= 11 is 0. The van der Waals surface area contributed by atoms with E-state index in [2.05, 4.69) is 10.2 Å². The second-order valence-corrected chi connectivity index (χ2v) is 5.40. The van der Waals surface area contributed by atoms with Crippen LogP contribution in [0.25, 0.3) is 0 Å². The maximum absolute atomic E-state index is 12.1. The first kappa shape index (κ1) is 17.9. The Morgan fingerprint density at radius 1 is 1.43 bits per heavy atom. The predicted molar refractivity (Wildman–Crippen MR) is 79.9 cm³/mol.